The van der Waals surface area contributed by atoms with Gasteiger partial charge in [-0.2, -0.15) is 0 Å². The Morgan fingerprint density at radius 2 is 1.69 bits per heavy atom. The molecule has 0 aliphatic rings. The maximum absolute atomic E-state index is 12.3. The van der Waals surface area contributed by atoms with Crippen LogP contribution in [0.2, 0.25) is 0 Å². The minimum absolute atomic E-state index is 0.0307. The van der Waals surface area contributed by atoms with E-state index in [9.17, 15) is 9.59 Å². The molecule has 0 aromatic heterocycles. The van der Waals surface area contributed by atoms with Crippen LogP contribution in [0.4, 0.5) is 0 Å². The standard InChI is InChI=1S/C11H23N3O2/c1-4-11(5-2,8-12)10(16)14(6-3)7-9(13)15/h4-8,12H2,1-3H3,(H2,13,15). The van der Waals surface area contributed by atoms with Gasteiger partial charge in [-0.3, -0.25) is 9.59 Å². The minimum atomic E-state index is -0.550. The summed E-state index contributed by atoms with van der Waals surface area (Å²) in [7, 11) is 0. The number of amides is 2. The molecule has 4 N–H and O–H groups in total. The monoisotopic (exact) mass is 229 g/mol. The Morgan fingerprint density at radius 3 is 1.94 bits per heavy atom. The van der Waals surface area contributed by atoms with Crippen molar-refractivity contribution >= 4 is 11.8 Å². The number of rotatable bonds is 7. The van der Waals surface area contributed by atoms with Gasteiger partial charge in [-0.05, 0) is 19.8 Å². The zero-order valence-corrected chi connectivity index (χ0v) is 10.5. The number of carbonyl (C=O) groups is 2. The highest BCUT2D eigenvalue weighted by molar-refractivity contribution is 5.87. The smallest absolute Gasteiger partial charge is 0.237 e. The van der Waals surface area contributed by atoms with Crippen LogP contribution in [-0.4, -0.2) is 36.3 Å². The number of likely N-dealkylation sites (N-methyl/N-ethyl adjacent to an activating group) is 1. The van der Waals surface area contributed by atoms with E-state index in [2.05, 4.69) is 0 Å². The Balaban J connectivity index is 4.88. The molecule has 0 aromatic rings. The highest BCUT2D eigenvalue weighted by atomic mass is 16.2. The van der Waals surface area contributed by atoms with E-state index in [1.807, 2.05) is 20.8 Å². The number of hydrogen-bond acceptors (Lipinski definition) is 3. The molecule has 5 nitrogen and oxygen atoms in total. The van der Waals surface area contributed by atoms with Crippen molar-refractivity contribution in [2.45, 2.75) is 33.6 Å². The normalized spacial score (nSPS) is 11.2. The fourth-order valence-electron chi connectivity index (χ4n) is 1.78. The van der Waals surface area contributed by atoms with E-state index >= 15 is 0 Å². The van der Waals surface area contributed by atoms with Gasteiger partial charge in [0.1, 0.15) is 0 Å². The maximum Gasteiger partial charge on any atom is 0.237 e. The van der Waals surface area contributed by atoms with Crippen molar-refractivity contribution in [2.24, 2.45) is 16.9 Å². The second-order valence-corrected chi connectivity index (χ2v) is 3.98. The summed E-state index contributed by atoms with van der Waals surface area (Å²) >= 11 is 0. The number of nitrogens with two attached hydrogens (primary N) is 2. The molecule has 0 rings (SSSR count). The van der Waals surface area contributed by atoms with Crippen LogP contribution in [0.5, 0.6) is 0 Å². The molecular weight excluding hydrogens is 206 g/mol. The van der Waals surface area contributed by atoms with Crippen LogP contribution in [0.25, 0.3) is 0 Å². The first-order chi connectivity index (χ1) is 7.47. The number of nitrogens with zero attached hydrogens (tertiary/aromatic N) is 1. The van der Waals surface area contributed by atoms with Crippen LogP contribution >= 0.6 is 0 Å². The SMILES string of the molecule is CCN(CC(N)=O)C(=O)C(CC)(CC)CN. The van der Waals surface area contributed by atoms with Crippen LogP contribution in [0, 0.1) is 5.41 Å². The highest BCUT2D eigenvalue weighted by Crippen LogP contribution is 2.27. The summed E-state index contributed by atoms with van der Waals surface area (Å²) in [6.45, 7) is 6.45. The van der Waals surface area contributed by atoms with Gasteiger partial charge in [0.15, 0.2) is 0 Å². The van der Waals surface area contributed by atoms with E-state index in [4.69, 9.17) is 11.5 Å². The lowest BCUT2D eigenvalue weighted by atomic mass is 9.81. The number of hydrogen-bond donors (Lipinski definition) is 2. The van der Waals surface area contributed by atoms with E-state index in [-0.39, 0.29) is 12.5 Å². The summed E-state index contributed by atoms with van der Waals surface area (Å²) in [6, 6.07) is 0. The average molecular weight is 229 g/mol. The zero-order valence-electron chi connectivity index (χ0n) is 10.5. The lowest BCUT2D eigenvalue weighted by Gasteiger charge is -2.34. The van der Waals surface area contributed by atoms with Crippen molar-refractivity contribution in [3.8, 4) is 0 Å². The molecule has 0 aliphatic heterocycles. The molecule has 0 saturated heterocycles. The molecule has 94 valence electrons. The first-order valence-electron chi connectivity index (χ1n) is 5.75. The lowest BCUT2D eigenvalue weighted by molar-refractivity contribution is -0.144. The molecule has 0 radical (unpaired) electrons. The Bertz CT molecular complexity index is 241. The fourth-order valence-corrected chi connectivity index (χ4v) is 1.78. The highest BCUT2D eigenvalue weighted by Gasteiger charge is 2.36. The Kier molecular flexibility index (Phi) is 6.03. The van der Waals surface area contributed by atoms with Crippen LogP contribution in [-0.2, 0) is 9.59 Å². The first-order valence-corrected chi connectivity index (χ1v) is 5.75. The second-order valence-electron chi connectivity index (χ2n) is 3.98. The molecule has 0 unspecified atom stereocenters. The number of carbonyl (C=O) groups excluding carboxylic acids is 2. The summed E-state index contributed by atoms with van der Waals surface area (Å²) in [5, 5.41) is 0. The van der Waals surface area contributed by atoms with Gasteiger partial charge in [0.25, 0.3) is 0 Å². The molecule has 16 heavy (non-hydrogen) atoms. The molecule has 0 spiro atoms. The average Bonchev–Trinajstić information content (AvgIpc) is 2.28. The lowest BCUT2D eigenvalue weighted by Crippen LogP contribution is -2.49. The summed E-state index contributed by atoms with van der Waals surface area (Å²) in [4.78, 5) is 24.6. The Hall–Kier alpha value is -1.10. The van der Waals surface area contributed by atoms with Crippen molar-refractivity contribution in [2.75, 3.05) is 19.6 Å². The van der Waals surface area contributed by atoms with Crippen molar-refractivity contribution in [3.05, 3.63) is 0 Å². The van der Waals surface area contributed by atoms with E-state index in [0.717, 1.165) is 0 Å². The van der Waals surface area contributed by atoms with E-state index in [0.29, 0.717) is 25.9 Å². The predicted octanol–water partition coefficient (Wildman–Crippen LogP) is 0.0853. The number of primary amides is 1. The van der Waals surface area contributed by atoms with Crippen LogP contribution in [0.15, 0.2) is 0 Å². The van der Waals surface area contributed by atoms with E-state index in [1.54, 1.807) is 0 Å². The van der Waals surface area contributed by atoms with Gasteiger partial charge >= 0.3 is 0 Å². The fraction of sp³-hybridized carbons (Fsp3) is 0.818. The second kappa shape index (κ2) is 6.48. The third-order valence-corrected chi connectivity index (χ3v) is 3.21. The molecule has 0 aromatic carbocycles. The van der Waals surface area contributed by atoms with Crippen molar-refractivity contribution in [1.82, 2.24) is 4.90 Å². The third-order valence-electron chi connectivity index (χ3n) is 3.21. The van der Waals surface area contributed by atoms with Gasteiger partial charge in [-0.15, -0.1) is 0 Å². The largest absolute Gasteiger partial charge is 0.368 e. The molecule has 0 atom stereocenters. The molecular formula is C11H23N3O2. The molecule has 2 amide bonds. The van der Waals surface area contributed by atoms with Crippen LogP contribution < -0.4 is 11.5 Å². The van der Waals surface area contributed by atoms with Gasteiger partial charge in [-0.25, -0.2) is 0 Å². The van der Waals surface area contributed by atoms with Crippen molar-refractivity contribution in [1.29, 1.82) is 0 Å². The predicted molar refractivity (Wildman–Crippen MR) is 63.5 cm³/mol. The van der Waals surface area contributed by atoms with E-state index < -0.39 is 11.3 Å². The molecule has 0 heterocycles. The first kappa shape index (κ1) is 14.9. The van der Waals surface area contributed by atoms with Gasteiger partial charge in [-0.1, -0.05) is 13.8 Å². The Morgan fingerprint density at radius 1 is 1.19 bits per heavy atom. The van der Waals surface area contributed by atoms with Crippen molar-refractivity contribution in [3.63, 3.8) is 0 Å². The van der Waals surface area contributed by atoms with Crippen molar-refractivity contribution < 1.29 is 9.59 Å². The summed E-state index contributed by atoms with van der Waals surface area (Å²) in [6.07, 6.45) is 1.35. The third kappa shape index (κ3) is 3.20. The van der Waals surface area contributed by atoms with Crippen LogP contribution in [0.1, 0.15) is 33.6 Å². The van der Waals surface area contributed by atoms with Crippen LogP contribution in [0.3, 0.4) is 0 Å². The van der Waals surface area contributed by atoms with E-state index in [1.165, 1.54) is 4.90 Å². The molecule has 0 bridgehead atoms. The van der Waals surface area contributed by atoms with Gasteiger partial charge in [0, 0.05) is 13.1 Å². The van der Waals surface area contributed by atoms with Gasteiger partial charge in [0.2, 0.25) is 11.8 Å². The Labute approximate surface area is 97.2 Å². The summed E-state index contributed by atoms with van der Waals surface area (Å²) in [5.74, 6) is -0.561. The zero-order chi connectivity index (χ0) is 12.8. The molecule has 5 heteroatoms. The molecule has 0 aliphatic carbocycles. The molecule has 0 saturated carbocycles. The van der Waals surface area contributed by atoms with Gasteiger partial charge < -0.3 is 16.4 Å². The van der Waals surface area contributed by atoms with Gasteiger partial charge in [0.05, 0.1) is 12.0 Å². The topological polar surface area (TPSA) is 89.4 Å². The summed E-state index contributed by atoms with van der Waals surface area (Å²) in [5.41, 5.74) is 10.2. The molecule has 0 fully saturated rings. The quantitative estimate of drug-likeness (QED) is 0.648. The minimum Gasteiger partial charge on any atom is -0.368 e. The maximum atomic E-state index is 12.3. The summed E-state index contributed by atoms with van der Waals surface area (Å²) < 4.78 is 0.